The van der Waals surface area contributed by atoms with Crippen LogP contribution < -0.4 is 5.32 Å². The van der Waals surface area contributed by atoms with Crippen LogP contribution in [-0.4, -0.2) is 27.6 Å². The zero-order chi connectivity index (χ0) is 12.1. The Labute approximate surface area is 96.3 Å². The molecule has 0 spiro atoms. The molecule has 7 nitrogen and oxygen atoms in total. The maximum absolute atomic E-state index is 11.5. The van der Waals surface area contributed by atoms with Crippen molar-refractivity contribution in [1.29, 1.82) is 0 Å². The van der Waals surface area contributed by atoms with Crippen LogP contribution in [0.25, 0.3) is 0 Å². The van der Waals surface area contributed by atoms with E-state index in [2.05, 4.69) is 15.5 Å². The van der Waals surface area contributed by atoms with Crippen LogP contribution in [-0.2, 0) is 0 Å². The van der Waals surface area contributed by atoms with Crippen LogP contribution in [0, 0.1) is 10.1 Å². The molecule has 8 heteroatoms. The molecule has 0 saturated carbocycles. The SMILES string of the molecule is CCCCNC(=O)c1n[nH]c([N+](=O)[O-])c1Cl. The summed E-state index contributed by atoms with van der Waals surface area (Å²) in [5.74, 6) is -0.981. The predicted molar refractivity (Wildman–Crippen MR) is 57.5 cm³/mol. The van der Waals surface area contributed by atoms with Gasteiger partial charge in [-0.15, -0.1) is 5.10 Å². The van der Waals surface area contributed by atoms with Gasteiger partial charge in [0.15, 0.2) is 10.7 Å². The third-order valence-corrected chi connectivity index (χ3v) is 2.26. The van der Waals surface area contributed by atoms with Crippen LogP contribution in [0.15, 0.2) is 0 Å². The Morgan fingerprint density at radius 3 is 2.88 bits per heavy atom. The monoisotopic (exact) mass is 246 g/mol. The standard InChI is InChI=1S/C8H11ClN4O3/c1-2-3-4-10-8(14)6-5(9)7(12-11-6)13(15)16/h2-4H2,1H3,(H,10,14)(H,11,12). The Bertz CT molecular complexity index is 404. The molecule has 16 heavy (non-hydrogen) atoms. The molecule has 0 fully saturated rings. The molecule has 0 aliphatic rings. The van der Waals surface area contributed by atoms with Gasteiger partial charge < -0.3 is 15.4 Å². The molecule has 0 saturated heterocycles. The first kappa shape index (κ1) is 12.4. The Morgan fingerprint density at radius 1 is 1.69 bits per heavy atom. The van der Waals surface area contributed by atoms with Gasteiger partial charge in [-0.3, -0.25) is 4.79 Å². The first-order valence-electron chi connectivity index (χ1n) is 4.74. The van der Waals surface area contributed by atoms with Crippen LogP contribution in [0.3, 0.4) is 0 Å². The molecular formula is C8H11ClN4O3. The summed E-state index contributed by atoms with van der Waals surface area (Å²) in [6.45, 7) is 2.48. The second-order valence-corrected chi connectivity index (χ2v) is 3.48. The van der Waals surface area contributed by atoms with Crippen LogP contribution in [0.2, 0.25) is 5.02 Å². The number of halogens is 1. The minimum atomic E-state index is -0.724. The summed E-state index contributed by atoms with van der Waals surface area (Å²) in [4.78, 5) is 21.2. The molecule has 1 aromatic rings. The highest BCUT2D eigenvalue weighted by atomic mass is 35.5. The van der Waals surface area contributed by atoms with Gasteiger partial charge in [0.05, 0.1) is 0 Å². The fourth-order valence-electron chi connectivity index (χ4n) is 1.05. The number of rotatable bonds is 5. The zero-order valence-electron chi connectivity index (χ0n) is 8.62. The average Bonchev–Trinajstić information content (AvgIpc) is 2.60. The third kappa shape index (κ3) is 2.69. The number of unbranched alkanes of at least 4 members (excludes halogenated alkanes) is 1. The summed E-state index contributed by atoms with van der Waals surface area (Å²) >= 11 is 5.63. The Morgan fingerprint density at radius 2 is 2.38 bits per heavy atom. The van der Waals surface area contributed by atoms with Gasteiger partial charge in [-0.25, -0.2) is 0 Å². The zero-order valence-corrected chi connectivity index (χ0v) is 9.37. The van der Waals surface area contributed by atoms with Crippen molar-refractivity contribution in [1.82, 2.24) is 15.5 Å². The molecule has 0 aromatic carbocycles. The number of H-pyrrole nitrogens is 1. The van der Waals surface area contributed by atoms with Crippen molar-refractivity contribution in [2.24, 2.45) is 0 Å². The van der Waals surface area contributed by atoms with E-state index in [4.69, 9.17) is 11.6 Å². The van der Waals surface area contributed by atoms with E-state index in [1.165, 1.54) is 0 Å². The van der Waals surface area contributed by atoms with Crippen LogP contribution in [0.1, 0.15) is 30.3 Å². The van der Waals surface area contributed by atoms with Gasteiger partial charge in [-0.1, -0.05) is 30.0 Å². The van der Waals surface area contributed by atoms with Gasteiger partial charge in [0.2, 0.25) is 0 Å². The normalized spacial score (nSPS) is 10.1. The summed E-state index contributed by atoms with van der Waals surface area (Å²) in [6, 6.07) is 0. The fourth-order valence-corrected chi connectivity index (χ4v) is 1.29. The predicted octanol–water partition coefficient (Wildman–Crippen LogP) is 1.50. The molecular weight excluding hydrogens is 236 g/mol. The highest BCUT2D eigenvalue weighted by Crippen LogP contribution is 2.24. The summed E-state index contributed by atoms with van der Waals surface area (Å²) in [5, 5.41) is 18.3. The molecule has 0 unspecified atom stereocenters. The second-order valence-electron chi connectivity index (χ2n) is 3.10. The number of aromatic amines is 1. The lowest BCUT2D eigenvalue weighted by atomic mass is 10.3. The number of carbonyl (C=O) groups excluding carboxylic acids is 1. The number of nitro groups is 1. The lowest BCUT2D eigenvalue weighted by Gasteiger charge is -2.00. The van der Waals surface area contributed by atoms with Crippen molar-refractivity contribution >= 4 is 23.3 Å². The summed E-state index contributed by atoms with van der Waals surface area (Å²) < 4.78 is 0. The number of hydrogen-bond acceptors (Lipinski definition) is 4. The molecule has 2 N–H and O–H groups in total. The first-order valence-corrected chi connectivity index (χ1v) is 5.12. The molecule has 0 atom stereocenters. The van der Waals surface area contributed by atoms with Gasteiger partial charge in [0.1, 0.15) is 0 Å². The maximum atomic E-state index is 11.5. The molecule has 1 heterocycles. The van der Waals surface area contributed by atoms with Gasteiger partial charge in [0, 0.05) is 6.54 Å². The topological polar surface area (TPSA) is 101 Å². The summed E-state index contributed by atoms with van der Waals surface area (Å²) in [6.07, 6.45) is 1.77. The molecule has 1 amide bonds. The van der Waals surface area contributed by atoms with E-state index in [1.54, 1.807) is 0 Å². The van der Waals surface area contributed by atoms with E-state index in [-0.39, 0.29) is 10.7 Å². The highest BCUT2D eigenvalue weighted by molar-refractivity contribution is 6.35. The van der Waals surface area contributed by atoms with Crippen molar-refractivity contribution in [3.63, 3.8) is 0 Å². The summed E-state index contributed by atoms with van der Waals surface area (Å²) in [7, 11) is 0. The van der Waals surface area contributed by atoms with E-state index in [0.717, 1.165) is 12.8 Å². The van der Waals surface area contributed by atoms with Crippen molar-refractivity contribution in [2.75, 3.05) is 6.54 Å². The molecule has 88 valence electrons. The van der Waals surface area contributed by atoms with Gasteiger partial charge >= 0.3 is 5.82 Å². The fraction of sp³-hybridized carbons (Fsp3) is 0.500. The third-order valence-electron chi connectivity index (χ3n) is 1.90. The van der Waals surface area contributed by atoms with E-state index in [9.17, 15) is 14.9 Å². The number of amides is 1. The van der Waals surface area contributed by atoms with E-state index < -0.39 is 16.6 Å². The number of carbonyl (C=O) groups is 1. The number of aromatic nitrogens is 2. The van der Waals surface area contributed by atoms with E-state index in [0.29, 0.717) is 6.54 Å². The lowest BCUT2D eigenvalue weighted by molar-refractivity contribution is -0.389. The highest BCUT2D eigenvalue weighted by Gasteiger charge is 2.24. The average molecular weight is 247 g/mol. The molecule has 1 aromatic heterocycles. The van der Waals surface area contributed by atoms with Gasteiger partial charge in [0.25, 0.3) is 5.91 Å². The van der Waals surface area contributed by atoms with Gasteiger partial charge in [-0.05, 0) is 11.3 Å². The summed E-state index contributed by atoms with van der Waals surface area (Å²) in [5.41, 5.74) is -0.149. The quantitative estimate of drug-likeness (QED) is 0.467. The second kappa shape index (κ2) is 5.45. The molecule has 0 aliphatic heterocycles. The Balaban J connectivity index is 2.73. The van der Waals surface area contributed by atoms with Crippen molar-refractivity contribution < 1.29 is 9.72 Å². The molecule has 0 aliphatic carbocycles. The maximum Gasteiger partial charge on any atom is 0.362 e. The molecule has 1 rings (SSSR count). The molecule has 0 bridgehead atoms. The van der Waals surface area contributed by atoms with Crippen molar-refractivity contribution in [2.45, 2.75) is 19.8 Å². The van der Waals surface area contributed by atoms with Gasteiger partial charge in [-0.2, -0.15) is 0 Å². The first-order chi connectivity index (χ1) is 7.57. The van der Waals surface area contributed by atoms with E-state index >= 15 is 0 Å². The van der Waals surface area contributed by atoms with Crippen LogP contribution in [0.4, 0.5) is 5.82 Å². The Hall–Kier alpha value is -1.63. The van der Waals surface area contributed by atoms with Crippen LogP contribution in [0.5, 0.6) is 0 Å². The van der Waals surface area contributed by atoms with Crippen molar-refractivity contribution in [3.05, 3.63) is 20.8 Å². The molecule has 0 radical (unpaired) electrons. The smallest absolute Gasteiger partial charge is 0.358 e. The minimum Gasteiger partial charge on any atom is -0.358 e. The lowest BCUT2D eigenvalue weighted by Crippen LogP contribution is -2.24. The van der Waals surface area contributed by atoms with E-state index in [1.807, 2.05) is 6.92 Å². The number of nitrogens with one attached hydrogen (secondary N) is 2. The number of nitrogens with zero attached hydrogens (tertiary/aromatic N) is 2. The number of hydrogen-bond donors (Lipinski definition) is 2. The minimum absolute atomic E-state index is 0.149. The Kier molecular flexibility index (Phi) is 4.24. The van der Waals surface area contributed by atoms with Crippen LogP contribution >= 0.6 is 11.6 Å². The van der Waals surface area contributed by atoms with Crippen molar-refractivity contribution in [3.8, 4) is 0 Å². The largest absolute Gasteiger partial charge is 0.362 e.